The van der Waals surface area contributed by atoms with Gasteiger partial charge in [0.05, 0.1) is 24.2 Å². The molecule has 1 aromatic heterocycles. The fourth-order valence-corrected chi connectivity index (χ4v) is 1.03. The number of carbonyl (C=O) groups excluding carboxylic acids is 1. The van der Waals surface area contributed by atoms with Crippen molar-refractivity contribution in [3.05, 3.63) is 12.4 Å². The Balaban J connectivity index is 2.50. The van der Waals surface area contributed by atoms with Crippen LogP contribution in [0, 0.1) is 5.92 Å². The molecule has 1 heterocycles. The molecule has 1 rings (SSSR count). The Morgan fingerprint density at radius 3 is 2.56 bits per heavy atom. The highest BCUT2D eigenvalue weighted by Crippen LogP contribution is 2.09. The van der Waals surface area contributed by atoms with Crippen molar-refractivity contribution in [3.8, 4) is 6.01 Å². The predicted molar refractivity (Wildman–Crippen MR) is 67.3 cm³/mol. The van der Waals surface area contributed by atoms with Crippen LogP contribution in [-0.4, -0.2) is 33.7 Å². The van der Waals surface area contributed by atoms with Crippen LogP contribution in [0.4, 0.5) is 5.69 Å². The molecule has 0 fully saturated rings. The van der Waals surface area contributed by atoms with E-state index in [1.165, 1.54) is 12.4 Å². The number of hydrogen-bond acceptors (Lipinski definition) is 5. The van der Waals surface area contributed by atoms with Gasteiger partial charge < -0.3 is 15.2 Å². The number of amides is 1. The molecule has 0 unspecified atom stereocenters. The fourth-order valence-electron chi connectivity index (χ4n) is 1.03. The molecule has 0 radical (unpaired) electrons. The Morgan fingerprint density at radius 1 is 1.44 bits per heavy atom. The topological polar surface area (TPSA) is 84.3 Å². The largest absolute Gasteiger partial charge is 0.461 e. The van der Waals surface area contributed by atoms with E-state index >= 15 is 0 Å². The lowest BCUT2D eigenvalue weighted by molar-refractivity contribution is -0.118. The van der Waals surface area contributed by atoms with Gasteiger partial charge in [0.15, 0.2) is 0 Å². The second-order valence-electron chi connectivity index (χ2n) is 4.27. The number of nitrogens with one attached hydrogen (secondary N) is 1. The van der Waals surface area contributed by atoms with Crippen LogP contribution in [0.2, 0.25) is 0 Å². The molecule has 1 atom stereocenters. The second kappa shape index (κ2) is 6.90. The van der Waals surface area contributed by atoms with Gasteiger partial charge in [-0.2, -0.15) is 0 Å². The first kappa shape index (κ1) is 14.4. The van der Waals surface area contributed by atoms with Crippen molar-refractivity contribution >= 4 is 11.6 Å². The molecule has 100 valence electrons. The van der Waals surface area contributed by atoms with Crippen LogP contribution in [0.5, 0.6) is 6.01 Å². The average molecular weight is 253 g/mol. The molecule has 0 bridgehead atoms. The van der Waals surface area contributed by atoms with Gasteiger partial charge in [0.2, 0.25) is 5.91 Å². The van der Waals surface area contributed by atoms with Crippen LogP contribution >= 0.6 is 0 Å². The van der Waals surface area contributed by atoms with Crippen molar-refractivity contribution in [2.75, 3.05) is 11.9 Å². The minimum Gasteiger partial charge on any atom is -0.461 e. The Bertz CT molecular complexity index is 379. The molecule has 6 heteroatoms. The first-order valence-electron chi connectivity index (χ1n) is 5.96. The van der Waals surface area contributed by atoms with Crippen LogP contribution in [0.3, 0.4) is 0 Å². The van der Waals surface area contributed by atoms with Crippen LogP contribution in [0.15, 0.2) is 12.4 Å². The summed E-state index contributed by atoms with van der Waals surface area (Å²) < 4.78 is 5.18. The van der Waals surface area contributed by atoms with Gasteiger partial charge in [0, 0.05) is 5.92 Å². The van der Waals surface area contributed by atoms with E-state index in [1.807, 2.05) is 6.92 Å². The van der Waals surface area contributed by atoms with Crippen LogP contribution in [0.1, 0.15) is 27.2 Å². The fraction of sp³-hybridized carbons (Fsp3) is 0.583. The molecule has 18 heavy (non-hydrogen) atoms. The number of aliphatic hydroxyl groups is 1. The van der Waals surface area contributed by atoms with Gasteiger partial charge in [-0.05, 0) is 6.42 Å². The maximum atomic E-state index is 11.4. The lowest BCUT2D eigenvalue weighted by atomic mass is 10.2. The van der Waals surface area contributed by atoms with Crippen molar-refractivity contribution < 1.29 is 14.6 Å². The first-order chi connectivity index (χ1) is 8.52. The normalized spacial score (nSPS) is 12.3. The lowest BCUT2D eigenvalue weighted by Gasteiger charge is -2.09. The van der Waals surface area contributed by atoms with Crippen LogP contribution in [-0.2, 0) is 4.79 Å². The van der Waals surface area contributed by atoms with Gasteiger partial charge >= 0.3 is 6.01 Å². The van der Waals surface area contributed by atoms with Crippen LogP contribution in [0.25, 0.3) is 0 Å². The third kappa shape index (κ3) is 4.67. The maximum Gasteiger partial charge on any atom is 0.316 e. The molecule has 0 spiro atoms. The van der Waals surface area contributed by atoms with E-state index in [1.54, 1.807) is 13.8 Å². The minimum atomic E-state index is -0.520. The molecule has 0 saturated heterocycles. The summed E-state index contributed by atoms with van der Waals surface area (Å²) in [5, 5.41) is 12.0. The lowest BCUT2D eigenvalue weighted by Crippen LogP contribution is -2.19. The molecular weight excluding hydrogens is 234 g/mol. The van der Waals surface area contributed by atoms with E-state index in [2.05, 4.69) is 15.3 Å². The van der Waals surface area contributed by atoms with Crippen molar-refractivity contribution in [1.29, 1.82) is 0 Å². The summed E-state index contributed by atoms with van der Waals surface area (Å²) in [7, 11) is 0. The van der Waals surface area contributed by atoms with E-state index in [0.717, 1.165) is 0 Å². The van der Waals surface area contributed by atoms with Gasteiger partial charge in [0.1, 0.15) is 6.61 Å². The Hall–Kier alpha value is -1.69. The third-order valence-electron chi connectivity index (χ3n) is 2.30. The molecule has 0 aliphatic rings. The zero-order chi connectivity index (χ0) is 13.5. The Labute approximate surface area is 106 Å². The molecule has 0 aliphatic carbocycles. The number of rotatable bonds is 6. The number of hydrogen-bond donors (Lipinski definition) is 2. The first-order valence-corrected chi connectivity index (χ1v) is 5.96. The molecule has 1 aromatic rings. The zero-order valence-corrected chi connectivity index (χ0v) is 10.9. The van der Waals surface area contributed by atoms with E-state index in [9.17, 15) is 9.90 Å². The highest BCUT2D eigenvalue weighted by atomic mass is 16.5. The SMILES string of the molecule is CC[C@@H](O)COc1ncc(NC(=O)C(C)C)cn1. The van der Waals surface area contributed by atoms with E-state index in [0.29, 0.717) is 12.1 Å². The predicted octanol–water partition coefficient (Wildman–Crippen LogP) is 1.22. The Morgan fingerprint density at radius 2 is 2.06 bits per heavy atom. The van der Waals surface area contributed by atoms with Gasteiger partial charge in [-0.1, -0.05) is 20.8 Å². The quantitative estimate of drug-likeness (QED) is 0.796. The van der Waals surface area contributed by atoms with Gasteiger partial charge in [-0.25, -0.2) is 9.97 Å². The highest BCUT2D eigenvalue weighted by Gasteiger charge is 2.08. The van der Waals surface area contributed by atoms with Crippen molar-refractivity contribution in [1.82, 2.24) is 9.97 Å². The summed E-state index contributed by atoms with van der Waals surface area (Å²) in [4.78, 5) is 19.3. The monoisotopic (exact) mass is 253 g/mol. The van der Waals surface area contributed by atoms with Gasteiger partial charge in [-0.3, -0.25) is 4.79 Å². The number of ether oxygens (including phenoxy) is 1. The standard InChI is InChI=1S/C12H19N3O3/c1-4-10(16)7-18-12-13-5-9(6-14-12)15-11(17)8(2)3/h5-6,8,10,16H,4,7H2,1-3H3,(H,15,17)/t10-/m1/s1. The van der Waals surface area contributed by atoms with Gasteiger partial charge in [-0.15, -0.1) is 0 Å². The molecular formula is C12H19N3O3. The molecule has 6 nitrogen and oxygen atoms in total. The molecule has 2 N–H and O–H groups in total. The van der Waals surface area contributed by atoms with Crippen molar-refractivity contribution in [2.45, 2.75) is 33.3 Å². The van der Waals surface area contributed by atoms with Crippen molar-refractivity contribution in [3.63, 3.8) is 0 Å². The zero-order valence-electron chi connectivity index (χ0n) is 10.9. The molecule has 0 saturated carbocycles. The maximum absolute atomic E-state index is 11.4. The third-order valence-corrected chi connectivity index (χ3v) is 2.30. The molecule has 0 aromatic carbocycles. The summed E-state index contributed by atoms with van der Waals surface area (Å²) in [6, 6.07) is 0.185. The number of nitrogens with zero attached hydrogens (tertiary/aromatic N) is 2. The highest BCUT2D eigenvalue weighted by molar-refractivity contribution is 5.91. The van der Waals surface area contributed by atoms with Crippen LogP contribution < -0.4 is 10.1 Å². The average Bonchev–Trinajstić information content (AvgIpc) is 2.37. The summed E-state index contributed by atoms with van der Waals surface area (Å²) in [5.74, 6) is -0.186. The number of anilines is 1. The summed E-state index contributed by atoms with van der Waals surface area (Å²) >= 11 is 0. The molecule has 0 aliphatic heterocycles. The number of aliphatic hydroxyl groups excluding tert-OH is 1. The van der Waals surface area contributed by atoms with Crippen molar-refractivity contribution in [2.24, 2.45) is 5.92 Å². The van der Waals surface area contributed by atoms with E-state index in [4.69, 9.17) is 4.74 Å². The molecule has 1 amide bonds. The Kier molecular flexibility index (Phi) is 5.51. The van der Waals surface area contributed by atoms with E-state index in [-0.39, 0.29) is 24.4 Å². The summed E-state index contributed by atoms with van der Waals surface area (Å²) in [6.45, 7) is 5.63. The smallest absolute Gasteiger partial charge is 0.316 e. The summed E-state index contributed by atoms with van der Waals surface area (Å²) in [6.07, 6.45) is 3.04. The summed E-state index contributed by atoms with van der Waals surface area (Å²) in [5.41, 5.74) is 0.525. The minimum absolute atomic E-state index is 0.0892. The number of carbonyl (C=O) groups is 1. The second-order valence-corrected chi connectivity index (χ2v) is 4.27. The van der Waals surface area contributed by atoms with E-state index < -0.39 is 6.10 Å². The number of aromatic nitrogens is 2. The van der Waals surface area contributed by atoms with Gasteiger partial charge in [0.25, 0.3) is 0 Å².